The molecular formula is C32H30ClF3N4O4. The van der Waals surface area contributed by atoms with Gasteiger partial charge < -0.3 is 24.5 Å². The quantitative estimate of drug-likeness (QED) is 0.195. The van der Waals surface area contributed by atoms with Crippen molar-refractivity contribution in [2.75, 3.05) is 23.9 Å². The van der Waals surface area contributed by atoms with Crippen molar-refractivity contribution in [2.24, 2.45) is 5.16 Å². The molecule has 3 aromatic carbocycles. The Balaban J connectivity index is 1.52. The second-order valence-electron chi connectivity index (χ2n) is 11.4. The Labute approximate surface area is 257 Å². The number of hydrogen-bond acceptors (Lipinski definition) is 7. The van der Waals surface area contributed by atoms with Gasteiger partial charge in [0.2, 0.25) is 5.60 Å². The summed E-state index contributed by atoms with van der Waals surface area (Å²) in [6.45, 7) is 5.23. The first kappa shape index (κ1) is 31.0. The summed E-state index contributed by atoms with van der Waals surface area (Å²) in [5.74, 6) is -0.286. The number of alkyl halides is 3. The van der Waals surface area contributed by atoms with Gasteiger partial charge in [-0.25, -0.2) is 0 Å². The van der Waals surface area contributed by atoms with E-state index >= 15 is 0 Å². The van der Waals surface area contributed by atoms with Crippen LogP contribution in [0.15, 0.2) is 65.8 Å². The molecule has 1 aliphatic carbocycles. The van der Waals surface area contributed by atoms with Crippen LogP contribution in [0.3, 0.4) is 0 Å². The van der Waals surface area contributed by atoms with Gasteiger partial charge in [-0.2, -0.15) is 5.26 Å². The van der Waals surface area contributed by atoms with E-state index < -0.39 is 23.8 Å². The van der Waals surface area contributed by atoms with E-state index in [1.165, 1.54) is 24.1 Å². The number of fused-ring (bicyclic) bond motifs is 2. The maximum atomic E-state index is 14.4. The Hall–Kier alpha value is -4.43. The van der Waals surface area contributed by atoms with Gasteiger partial charge in [0, 0.05) is 40.4 Å². The van der Waals surface area contributed by atoms with E-state index in [0.717, 1.165) is 18.4 Å². The number of amides is 1. The van der Waals surface area contributed by atoms with Crippen LogP contribution in [0.5, 0.6) is 11.5 Å². The zero-order chi connectivity index (χ0) is 31.9. The average Bonchev–Trinajstić information content (AvgIpc) is 3.69. The molecule has 0 bridgehead atoms. The van der Waals surface area contributed by atoms with E-state index in [9.17, 15) is 23.2 Å². The lowest BCUT2D eigenvalue weighted by molar-refractivity contribution is -0.274. The topological polar surface area (TPSA) is 96.2 Å². The first-order valence-electron chi connectivity index (χ1n) is 13.8. The number of carbonyl (C=O) groups is 1. The highest BCUT2D eigenvalue weighted by atomic mass is 35.5. The summed E-state index contributed by atoms with van der Waals surface area (Å²) in [6, 6.07) is 17.2. The minimum atomic E-state index is -4.87. The van der Waals surface area contributed by atoms with Gasteiger partial charge in [-0.15, -0.1) is 13.2 Å². The van der Waals surface area contributed by atoms with Crippen molar-refractivity contribution in [2.45, 2.75) is 57.0 Å². The molecule has 230 valence electrons. The number of nitrogens with zero attached hydrogens (tertiary/aromatic N) is 3. The van der Waals surface area contributed by atoms with Gasteiger partial charge in [0.15, 0.2) is 0 Å². The molecule has 5 rings (SSSR count). The number of carbonyl (C=O) groups excluding carboxylic acids is 1. The monoisotopic (exact) mass is 626 g/mol. The van der Waals surface area contributed by atoms with Gasteiger partial charge in [-0.1, -0.05) is 35.0 Å². The van der Waals surface area contributed by atoms with Gasteiger partial charge in [-0.05, 0) is 75.1 Å². The van der Waals surface area contributed by atoms with Crippen LogP contribution in [0.4, 0.5) is 24.5 Å². The summed E-state index contributed by atoms with van der Waals surface area (Å²) >= 11 is 6.15. The van der Waals surface area contributed by atoms with Crippen molar-refractivity contribution >= 4 is 34.6 Å². The molecule has 12 heteroatoms. The lowest BCUT2D eigenvalue weighted by Crippen LogP contribution is -2.38. The molecule has 1 spiro atoms. The fourth-order valence-electron chi connectivity index (χ4n) is 5.16. The molecule has 1 atom stereocenters. The number of anilines is 2. The van der Waals surface area contributed by atoms with E-state index in [1.807, 2.05) is 6.07 Å². The number of rotatable bonds is 9. The summed E-state index contributed by atoms with van der Waals surface area (Å²) in [6.07, 6.45) is -3.22. The van der Waals surface area contributed by atoms with Gasteiger partial charge in [0.25, 0.3) is 5.91 Å². The average molecular weight is 627 g/mol. The minimum absolute atomic E-state index is 0.291. The second kappa shape index (κ2) is 11.6. The lowest BCUT2D eigenvalue weighted by atomic mass is 9.99. The van der Waals surface area contributed by atoms with Crippen LogP contribution in [-0.4, -0.2) is 37.2 Å². The van der Waals surface area contributed by atoms with Crippen molar-refractivity contribution in [3.63, 3.8) is 0 Å². The number of nitriles is 1. The summed E-state index contributed by atoms with van der Waals surface area (Å²) in [7, 11) is 1.50. The van der Waals surface area contributed by atoms with Crippen LogP contribution in [0.1, 0.15) is 56.3 Å². The number of nitrogens with one attached hydrogen (secondary N) is 1. The zero-order valence-electron chi connectivity index (χ0n) is 24.5. The van der Waals surface area contributed by atoms with E-state index in [-0.39, 0.29) is 11.3 Å². The Kier molecular flexibility index (Phi) is 8.16. The maximum Gasteiger partial charge on any atom is 0.573 e. The fraction of sp³-hybridized carbons (Fsp3) is 0.344. The van der Waals surface area contributed by atoms with E-state index in [1.54, 1.807) is 69.3 Å². The molecule has 1 saturated carbocycles. The summed E-state index contributed by atoms with van der Waals surface area (Å²) in [5, 5.41) is 17.1. The third-order valence-electron chi connectivity index (χ3n) is 7.65. The zero-order valence-corrected chi connectivity index (χ0v) is 25.2. The molecule has 1 unspecified atom stereocenters. The number of hydrogen-bond donors (Lipinski definition) is 1. The lowest BCUT2D eigenvalue weighted by Gasteiger charge is -2.27. The molecule has 3 aromatic rings. The highest BCUT2D eigenvalue weighted by Crippen LogP contribution is 2.57. The SMILES string of the molecule is COc1cc(NC(C(=O)N2CC3(CC3)c3ccc(OC(F)(F)F)cc32)c2ccc(Cl)cc2)cc(/C(C)=N/OC(C)(C)C#N)c1. The van der Waals surface area contributed by atoms with Crippen molar-refractivity contribution in [3.8, 4) is 17.6 Å². The predicted octanol–water partition coefficient (Wildman–Crippen LogP) is 7.52. The molecule has 0 aromatic heterocycles. The summed E-state index contributed by atoms with van der Waals surface area (Å²) in [5.41, 5.74) is 1.97. The van der Waals surface area contributed by atoms with Crippen molar-refractivity contribution in [1.82, 2.24) is 0 Å². The van der Waals surface area contributed by atoms with Gasteiger partial charge in [0.1, 0.15) is 23.6 Å². The fourth-order valence-corrected chi connectivity index (χ4v) is 5.28. The Morgan fingerprint density at radius 2 is 1.80 bits per heavy atom. The van der Waals surface area contributed by atoms with E-state index in [0.29, 0.717) is 45.5 Å². The third kappa shape index (κ3) is 6.70. The number of benzene rings is 3. The van der Waals surface area contributed by atoms with Crippen molar-refractivity contribution in [1.29, 1.82) is 5.26 Å². The smallest absolute Gasteiger partial charge is 0.497 e. The van der Waals surface area contributed by atoms with Crippen LogP contribution >= 0.6 is 11.6 Å². The third-order valence-corrected chi connectivity index (χ3v) is 7.90. The second-order valence-corrected chi connectivity index (χ2v) is 11.8. The number of methoxy groups -OCH3 is 1. The molecule has 44 heavy (non-hydrogen) atoms. The normalized spacial score (nSPS) is 16.2. The Morgan fingerprint density at radius 1 is 1.09 bits per heavy atom. The molecule has 0 radical (unpaired) electrons. The first-order chi connectivity index (χ1) is 20.7. The molecule has 1 N–H and O–H groups in total. The van der Waals surface area contributed by atoms with Crippen LogP contribution in [0.25, 0.3) is 0 Å². The highest BCUT2D eigenvalue weighted by molar-refractivity contribution is 6.30. The predicted molar refractivity (Wildman–Crippen MR) is 160 cm³/mol. The molecule has 1 amide bonds. The van der Waals surface area contributed by atoms with Crippen molar-refractivity contribution < 1.29 is 32.3 Å². The molecule has 1 heterocycles. The molecule has 0 saturated heterocycles. The van der Waals surface area contributed by atoms with Gasteiger partial charge in [-0.3, -0.25) is 4.79 Å². The molecular weight excluding hydrogens is 597 g/mol. The standard InChI is InChI=1S/C32H30ClF3N4O4/c1-19(39-44-30(2,3)17-37)21-13-23(15-25(14-21)42-4)38-28(20-5-7-22(33)8-6-20)29(41)40-18-31(11-12-31)26-10-9-24(16-27(26)40)43-32(34,35)36/h5-10,13-16,28,38H,11-12,18H2,1-4H3/b39-19+. The number of halogens is 4. The molecule has 1 aliphatic heterocycles. The van der Waals surface area contributed by atoms with Gasteiger partial charge >= 0.3 is 6.36 Å². The van der Waals surface area contributed by atoms with Crippen LogP contribution < -0.4 is 19.7 Å². The van der Waals surface area contributed by atoms with Crippen LogP contribution in [-0.2, 0) is 15.0 Å². The minimum Gasteiger partial charge on any atom is -0.497 e. The van der Waals surface area contributed by atoms with Crippen molar-refractivity contribution in [3.05, 3.63) is 82.4 Å². The maximum absolute atomic E-state index is 14.4. The van der Waals surface area contributed by atoms with Crippen LogP contribution in [0.2, 0.25) is 5.02 Å². The van der Waals surface area contributed by atoms with Crippen LogP contribution in [0, 0.1) is 11.3 Å². The molecule has 2 aliphatic rings. The molecule has 8 nitrogen and oxygen atoms in total. The first-order valence-corrected chi connectivity index (χ1v) is 14.2. The Bertz CT molecular complexity index is 1650. The number of oxime groups is 1. The molecule has 1 fully saturated rings. The summed E-state index contributed by atoms with van der Waals surface area (Å²) < 4.78 is 48.8. The highest BCUT2D eigenvalue weighted by Gasteiger charge is 2.54. The number of ether oxygens (including phenoxy) is 2. The van der Waals surface area contributed by atoms with E-state index in [2.05, 4.69) is 15.2 Å². The summed E-state index contributed by atoms with van der Waals surface area (Å²) in [4.78, 5) is 21.3. The Morgan fingerprint density at radius 3 is 2.41 bits per heavy atom. The van der Waals surface area contributed by atoms with Gasteiger partial charge in [0.05, 0.1) is 18.5 Å². The van der Waals surface area contributed by atoms with E-state index in [4.69, 9.17) is 21.2 Å². The largest absolute Gasteiger partial charge is 0.573 e.